The van der Waals surface area contributed by atoms with E-state index in [9.17, 15) is 13.2 Å². The number of rotatable bonds is 3. The maximum atomic E-state index is 12.1. The molecule has 0 saturated heterocycles. The number of alkyl halides is 3. The van der Waals surface area contributed by atoms with E-state index in [4.69, 9.17) is 17.4 Å². The lowest BCUT2D eigenvalue weighted by Crippen LogP contribution is -2.31. The van der Waals surface area contributed by atoms with Crippen LogP contribution < -0.4 is 11.3 Å². The number of halogens is 4. The van der Waals surface area contributed by atoms with Gasteiger partial charge in [-0.25, -0.2) is 0 Å². The fourth-order valence-electron chi connectivity index (χ4n) is 1.20. The van der Waals surface area contributed by atoms with Gasteiger partial charge in [0.05, 0.1) is 12.5 Å². The average molecular weight is 239 g/mol. The van der Waals surface area contributed by atoms with Gasteiger partial charge < -0.3 is 0 Å². The minimum atomic E-state index is -4.25. The van der Waals surface area contributed by atoms with Gasteiger partial charge in [-0.15, -0.1) is 0 Å². The predicted molar refractivity (Wildman–Crippen MR) is 52.2 cm³/mol. The monoisotopic (exact) mass is 238 g/mol. The van der Waals surface area contributed by atoms with Crippen LogP contribution >= 0.6 is 11.6 Å². The largest absolute Gasteiger partial charge is 0.390 e. The van der Waals surface area contributed by atoms with Crippen LogP contribution in [-0.4, -0.2) is 6.18 Å². The van der Waals surface area contributed by atoms with Crippen LogP contribution in [0.2, 0.25) is 5.02 Å². The van der Waals surface area contributed by atoms with Crippen molar-refractivity contribution in [3.8, 4) is 0 Å². The van der Waals surface area contributed by atoms with Crippen LogP contribution in [0.4, 0.5) is 13.2 Å². The standard InChI is InChI=1S/C9H10ClF3N2/c10-7-3-1-6(2-4-7)8(15-14)5-9(11,12)13/h1-4,8,15H,5,14H2. The zero-order chi connectivity index (χ0) is 11.5. The van der Waals surface area contributed by atoms with E-state index < -0.39 is 18.6 Å². The molecule has 0 aromatic heterocycles. The Hall–Kier alpha value is -0.780. The lowest BCUT2D eigenvalue weighted by molar-refractivity contribution is -0.140. The Labute approximate surface area is 90.2 Å². The number of hydrogen-bond acceptors (Lipinski definition) is 2. The molecule has 0 amide bonds. The first-order chi connectivity index (χ1) is 6.92. The molecule has 0 spiro atoms. The third-order valence-corrected chi connectivity index (χ3v) is 2.16. The van der Waals surface area contributed by atoms with Crippen molar-refractivity contribution in [2.45, 2.75) is 18.6 Å². The summed E-state index contributed by atoms with van der Waals surface area (Å²) in [5, 5.41) is 0.474. The van der Waals surface area contributed by atoms with E-state index >= 15 is 0 Å². The SMILES string of the molecule is NNC(CC(F)(F)F)c1ccc(Cl)cc1. The summed E-state index contributed by atoms with van der Waals surface area (Å²) < 4.78 is 36.4. The van der Waals surface area contributed by atoms with Crippen LogP contribution in [0.3, 0.4) is 0 Å². The summed E-state index contributed by atoms with van der Waals surface area (Å²) in [6, 6.07) is 5.13. The lowest BCUT2D eigenvalue weighted by Gasteiger charge is -2.18. The average Bonchev–Trinajstić information content (AvgIpc) is 2.14. The van der Waals surface area contributed by atoms with Crippen molar-refractivity contribution in [3.63, 3.8) is 0 Å². The van der Waals surface area contributed by atoms with Crippen LogP contribution in [0.5, 0.6) is 0 Å². The van der Waals surface area contributed by atoms with Gasteiger partial charge in [0, 0.05) is 5.02 Å². The lowest BCUT2D eigenvalue weighted by atomic mass is 10.0. The quantitative estimate of drug-likeness (QED) is 0.628. The first-order valence-electron chi connectivity index (χ1n) is 4.21. The highest BCUT2D eigenvalue weighted by molar-refractivity contribution is 6.30. The molecule has 1 rings (SSSR count). The minimum Gasteiger partial charge on any atom is -0.271 e. The van der Waals surface area contributed by atoms with Crippen molar-refractivity contribution in [2.24, 2.45) is 5.84 Å². The van der Waals surface area contributed by atoms with Gasteiger partial charge >= 0.3 is 6.18 Å². The Bertz CT molecular complexity index is 310. The first-order valence-corrected chi connectivity index (χ1v) is 4.58. The molecule has 15 heavy (non-hydrogen) atoms. The Balaban J connectivity index is 2.79. The molecular weight excluding hydrogens is 229 g/mol. The van der Waals surface area contributed by atoms with Crippen molar-refractivity contribution in [2.75, 3.05) is 0 Å². The van der Waals surface area contributed by atoms with Gasteiger partial charge in [-0.1, -0.05) is 23.7 Å². The molecule has 6 heteroatoms. The highest BCUT2D eigenvalue weighted by atomic mass is 35.5. The molecule has 0 fully saturated rings. The third kappa shape index (κ3) is 4.07. The molecule has 0 heterocycles. The van der Waals surface area contributed by atoms with Gasteiger partial charge in [-0.3, -0.25) is 11.3 Å². The molecule has 0 aliphatic rings. The number of hydrogen-bond donors (Lipinski definition) is 2. The van der Waals surface area contributed by atoms with Crippen molar-refractivity contribution in [1.82, 2.24) is 5.43 Å². The van der Waals surface area contributed by atoms with Crippen LogP contribution in [-0.2, 0) is 0 Å². The molecule has 1 aromatic rings. The molecule has 1 unspecified atom stereocenters. The van der Waals surface area contributed by atoms with E-state index in [1.165, 1.54) is 24.3 Å². The molecule has 1 atom stereocenters. The molecule has 84 valence electrons. The smallest absolute Gasteiger partial charge is 0.271 e. The number of nitrogens with one attached hydrogen (secondary N) is 1. The molecular formula is C9H10ClF3N2. The maximum Gasteiger partial charge on any atom is 0.390 e. The zero-order valence-corrected chi connectivity index (χ0v) is 8.44. The number of nitrogens with two attached hydrogens (primary N) is 1. The Kier molecular flexibility index (Phi) is 3.96. The zero-order valence-electron chi connectivity index (χ0n) is 7.68. The molecule has 1 aromatic carbocycles. The Morgan fingerprint density at radius 2 is 1.80 bits per heavy atom. The van der Waals surface area contributed by atoms with Crippen LogP contribution in [0, 0.1) is 0 Å². The molecule has 0 aliphatic carbocycles. The summed E-state index contributed by atoms with van der Waals surface area (Å²) in [5.74, 6) is 5.07. The topological polar surface area (TPSA) is 38.0 Å². The first kappa shape index (κ1) is 12.3. The van der Waals surface area contributed by atoms with Crippen LogP contribution in [0.25, 0.3) is 0 Å². The molecule has 0 radical (unpaired) electrons. The van der Waals surface area contributed by atoms with Gasteiger partial charge in [-0.2, -0.15) is 13.2 Å². The summed E-state index contributed by atoms with van der Waals surface area (Å²) in [6.45, 7) is 0. The molecule has 2 nitrogen and oxygen atoms in total. The molecule has 0 bridgehead atoms. The second kappa shape index (κ2) is 4.83. The van der Waals surface area contributed by atoms with Gasteiger partial charge in [0.25, 0.3) is 0 Å². The summed E-state index contributed by atoms with van der Waals surface area (Å²) in [4.78, 5) is 0. The molecule has 0 aliphatic heterocycles. The second-order valence-electron chi connectivity index (χ2n) is 3.09. The summed E-state index contributed by atoms with van der Waals surface area (Å²) in [7, 11) is 0. The normalized spacial score (nSPS) is 13.9. The Morgan fingerprint density at radius 1 is 1.27 bits per heavy atom. The fraction of sp³-hybridized carbons (Fsp3) is 0.333. The van der Waals surface area contributed by atoms with Gasteiger partial charge in [0.15, 0.2) is 0 Å². The highest BCUT2D eigenvalue weighted by Crippen LogP contribution is 2.29. The van der Waals surface area contributed by atoms with E-state index in [-0.39, 0.29) is 0 Å². The van der Waals surface area contributed by atoms with E-state index in [0.29, 0.717) is 10.6 Å². The van der Waals surface area contributed by atoms with E-state index in [0.717, 1.165) is 0 Å². The Morgan fingerprint density at radius 3 is 2.20 bits per heavy atom. The third-order valence-electron chi connectivity index (χ3n) is 1.91. The summed E-state index contributed by atoms with van der Waals surface area (Å²) in [6.07, 6.45) is -5.26. The minimum absolute atomic E-state index is 0.458. The van der Waals surface area contributed by atoms with Crippen molar-refractivity contribution in [1.29, 1.82) is 0 Å². The summed E-state index contributed by atoms with van der Waals surface area (Å²) >= 11 is 5.62. The fourth-order valence-corrected chi connectivity index (χ4v) is 1.33. The van der Waals surface area contributed by atoms with Crippen molar-refractivity contribution < 1.29 is 13.2 Å². The van der Waals surface area contributed by atoms with Crippen molar-refractivity contribution in [3.05, 3.63) is 34.9 Å². The van der Waals surface area contributed by atoms with Gasteiger partial charge in [0.1, 0.15) is 0 Å². The maximum absolute atomic E-state index is 12.1. The molecule has 0 saturated carbocycles. The number of benzene rings is 1. The summed E-state index contributed by atoms with van der Waals surface area (Å²) in [5.41, 5.74) is 2.59. The van der Waals surface area contributed by atoms with Gasteiger partial charge in [0.2, 0.25) is 0 Å². The van der Waals surface area contributed by atoms with E-state index in [2.05, 4.69) is 5.43 Å². The van der Waals surface area contributed by atoms with Crippen molar-refractivity contribution >= 4 is 11.6 Å². The highest BCUT2D eigenvalue weighted by Gasteiger charge is 2.32. The van der Waals surface area contributed by atoms with E-state index in [1.807, 2.05) is 0 Å². The van der Waals surface area contributed by atoms with Crippen LogP contribution in [0.15, 0.2) is 24.3 Å². The second-order valence-corrected chi connectivity index (χ2v) is 3.53. The number of hydrazine groups is 1. The van der Waals surface area contributed by atoms with E-state index in [1.54, 1.807) is 0 Å². The van der Waals surface area contributed by atoms with Crippen LogP contribution in [0.1, 0.15) is 18.0 Å². The molecule has 3 N–H and O–H groups in total. The predicted octanol–water partition coefficient (Wildman–Crippen LogP) is 2.80. The van der Waals surface area contributed by atoms with Gasteiger partial charge in [-0.05, 0) is 17.7 Å².